The van der Waals surface area contributed by atoms with Crippen molar-refractivity contribution in [3.8, 4) is 11.6 Å². The van der Waals surface area contributed by atoms with Crippen LogP contribution in [0.2, 0.25) is 0 Å². The first kappa shape index (κ1) is 23.0. The number of amides is 4. The molecule has 2 N–H and O–H groups in total. The molecule has 170 valence electrons. The van der Waals surface area contributed by atoms with Crippen molar-refractivity contribution in [2.75, 3.05) is 14.2 Å². The summed E-state index contributed by atoms with van der Waals surface area (Å²) in [6.07, 6.45) is 5.31. The molecule has 4 amide bonds. The van der Waals surface area contributed by atoms with Crippen LogP contribution in [0.1, 0.15) is 11.1 Å². The van der Waals surface area contributed by atoms with Crippen molar-refractivity contribution < 1.29 is 24.2 Å². The summed E-state index contributed by atoms with van der Waals surface area (Å²) in [5.74, 6) is -1.84. The number of hydrogen-bond donors (Lipinski definition) is 2. The molecule has 1 aromatic carbocycles. The van der Waals surface area contributed by atoms with Gasteiger partial charge in [0.1, 0.15) is 11.3 Å². The number of H-pyrrole nitrogens is 1. The zero-order valence-corrected chi connectivity index (χ0v) is 17.9. The summed E-state index contributed by atoms with van der Waals surface area (Å²) in [6.45, 7) is 0. The van der Waals surface area contributed by atoms with E-state index in [1.54, 1.807) is 24.3 Å². The third kappa shape index (κ3) is 4.66. The predicted molar refractivity (Wildman–Crippen MR) is 116 cm³/mol. The number of nitrogens with one attached hydrogen (secondary N) is 2. The summed E-state index contributed by atoms with van der Waals surface area (Å²) in [4.78, 5) is 62.5. The Hall–Kier alpha value is -4.67. The average Bonchev–Trinajstić information content (AvgIpc) is 2.79. The molecule has 1 fully saturated rings. The van der Waals surface area contributed by atoms with E-state index in [0.717, 1.165) is 9.47 Å². The van der Waals surface area contributed by atoms with E-state index in [4.69, 9.17) is 4.74 Å². The lowest BCUT2D eigenvalue weighted by atomic mass is 10.0. The van der Waals surface area contributed by atoms with Crippen LogP contribution < -0.4 is 26.4 Å². The first-order chi connectivity index (χ1) is 15.6. The van der Waals surface area contributed by atoms with Crippen molar-refractivity contribution in [1.29, 1.82) is 0 Å². The van der Waals surface area contributed by atoms with Crippen molar-refractivity contribution in [3.63, 3.8) is 0 Å². The number of nitrogens with zero attached hydrogens (tertiary/aromatic N) is 2. The largest absolute Gasteiger partial charge is 0.859 e. The molecular formula is C22H19N4O7-. The Morgan fingerprint density at radius 1 is 1.06 bits per heavy atom. The Morgan fingerprint density at radius 2 is 1.73 bits per heavy atom. The highest BCUT2D eigenvalue weighted by atomic mass is 16.5. The van der Waals surface area contributed by atoms with Gasteiger partial charge in [0.05, 0.1) is 7.11 Å². The zero-order chi connectivity index (χ0) is 24.3. The van der Waals surface area contributed by atoms with Gasteiger partial charge in [-0.15, -0.1) is 0 Å². The van der Waals surface area contributed by atoms with Gasteiger partial charge >= 0.3 is 11.7 Å². The number of carbonyl (C=O) groups excluding carboxylic acids is 3. The molecule has 3 rings (SSSR count). The van der Waals surface area contributed by atoms with Gasteiger partial charge in [-0.2, -0.15) is 0 Å². The van der Waals surface area contributed by atoms with E-state index >= 15 is 0 Å². The molecule has 1 saturated heterocycles. The number of carbonyl (C=O) groups is 3. The lowest BCUT2D eigenvalue weighted by Crippen LogP contribution is -2.52. The highest BCUT2D eigenvalue weighted by Crippen LogP contribution is 2.22. The van der Waals surface area contributed by atoms with Crippen molar-refractivity contribution in [3.05, 3.63) is 80.0 Å². The lowest BCUT2D eigenvalue weighted by Gasteiger charge is -2.22. The van der Waals surface area contributed by atoms with Crippen LogP contribution in [-0.2, 0) is 16.6 Å². The number of aromatic nitrogens is 2. The number of aromatic amines is 1. The zero-order valence-electron chi connectivity index (χ0n) is 17.9. The average molecular weight is 451 g/mol. The third-order valence-electron chi connectivity index (χ3n) is 4.89. The summed E-state index contributed by atoms with van der Waals surface area (Å²) in [5.41, 5.74) is -1.22. The molecule has 1 aliphatic heterocycles. The Morgan fingerprint density at radius 3 is 2.36 bits per heavy atom. The normalized spacial score (nSPS) is 16.0. The van der Waals surface area contributed by atoms with Crippen LogP contribution in [-0.4, -0.2) is 46.5 Å². The molecule has 0 bridgehead atoms. The minimum Gasteiger partial charge on any atom is -0.859 e. The topological polar surface area (TPSA) is 154 Å². The highest BCUT2D eigenvalue weighted by molar-refractivity contribution is 6.28. The second kappa shape index (κ2) is 9.22. The van der Waals surface area contributed by atoms with Gasteiger partial charge in [0.25, 0.3) is 17.4 Å². The van der Waals surface area contributed by atoms with Gasteiger partial charge in [-0.3, -0.25) is 29.6 Å². The van der Waals surface area contributed by atoms with E-state index in [1.807, 2.05) is 10.3 Å². The number of benzene rings is 1. The maximum absolute atomic E-state index is 12.3. The highest BCUT2D eigenvalue weighted by Gasteiger charge is 2.32. The number of urea groups is 1. The molecule has 0 aliphatic carbocycles. The monoisotopic (exact) mass is 451 g/mol. The molecule has 1 aromatic heterocycles. The summed E-state index contributed by atoms with van der Waals surface area (Å²) < 4.78 is 5.90. The van der Waals surface area contributed by atoms with E-state index in [-0.39, 0.29) is 11.1 Å². The number of rotatable bonds is 5. The summed E-state index contributed by atoms with van der Waals surface area (Å²) in [5, 5.41) is 14.4. The second-order valence-corrected chi connectivity index (χ2v) is 6.92. The number of ether oxygens (including phenoxy) is 1. The van der Waals surface area contributed by atoms with Gasteiger partial charge in [0, 0.05) is 19.7 Å². The number of barbiturate groups is 1. The molecule has 0 spiro atoms. The van der Waals surface area contributed by atoms with Crippen LogP contribution in [0.4, 0.5) is 4.79 Å². The van der Waals surface area contributed by atoms with Crippen LogP contribution in [0, 0.1) is 0 Å². The van der Waals surface area contributed by atoms with Crippen molar-refractivity contribution in [1.82, 2.24) is 19.8 Å². The minimum absolute atomic E-state index is 0.277. The minimum atomic E-state index is -0.853. The van der Waals surface area contributed by atoms with E-state index in [1.165, 1.54) is 45.5 Å². The number of allylic oxidation sites excluding steroid dienone is 4. The summed E-state index contributed by atoms with van der Waals surface area (Å²) in [7, 11) is 3.96. The summed E-state index contributed by atoms with van der Waals surface area (Å²) in [6, 6.07) is 5.89. The number of methoxy groups -OCH3 is 1. The first-order valence-corrected chi connectivity index (χ1v) is 9.52. The Kier molecular flexibility index (Phi) is 6.43. The van der Waals surface area contributed by atoms with Crippen LogP contribution in [0.5, 0.6) is 11.6 Å². The molecule has 33 heavy (non-hydrogen) atoms. The van der Waals surface area contributed by atoms with Gasteiger partial charge in [-0.1, -0.05) is 24.3 Å². The molecule has 11 nitrogen and oxygen atoms in total. The number of imide groups is 2. The van der Waals surface area contributed by atoms with E-state index in [9.17, 15) is 29.1 Å². The number of likely N-dealkylation sites (N-methyl/N-ethyl adjacent to an activating group) is 1. The Balaban J connectivity index is 2.10. The first-order valence-electron chi connectivity index (χ1n) is 9.52. The molecule has 11 heteroatoms. The fourth-order valence-corrected chi connectivity index (χ4v) is 2.91. The van der Waals surface area contributed by atoms with Crippen LogP contribution >= 0.6 is 0 Å². The fraction of sp³-hybridized carbons (Fsp3) is 0.136. The lowest BCUT2D eigenvalue weighted by molar-refractivity contribution is -0.279. The Bertz CT molecular complexity index is 1340. The molecule has 0 unspecified atom stereocenters. The second-order valence-electron chi connectivity index (χ2n) is 6.92. The smallest absolute Gasteiger partial charge is 0.331 e. The van der Waals surface area contributed by atoms with Crippen LogP contribution in [0.25, 0.3) is 11.6 Å². The summed E-state index contributed by atoms with van der Waals surface area (Å²) >= 11 is 0. The maximum Gasteiger partial charge on any atom is 0.331 e. The van der Waals surface area contributed by atoms with Crippen LogP contribution in [0.15, 0.2) is 57.7 Å². The van der Waals surface area contributed by atoms with E-state index in [0.29, 0.717) is 16.9 Å². The Labute approximate surface area is 186 Å². The van der Waals surface area contributed by atoms with Gasteiger partial charge in [0.15, 0.2) is 0 Å². The predicted octanol–water partition coefficient (Wildman–Crippen LogP) is -0.113. The molecule has 2 heterocycles. The molecular weight excluding hydrogens is 432 g/mol. The molecule has 2 aromatic rings. The van der Waals surface area contributed by atoms with Crippen molar-refractivity contribution >= 4 is 29.5 Å². The molecule has 1 aliphatic rings. The molecule has 0 saturated carbocycles. The molecule has 0 radical (unpaired) electrons. The quantitative estimate of drug-likeness (QED) is 0.365. The third-order valence-corrected chi connectivity index (χ3v) is 4.89. The van der Waals surface area contributed by atoms with Crippen molar-refractivity contribution in [2.24, 2.45) is 7.05 Å². The van der Waals surface area contributed by atoms with Crippen LogP contribution in [0.3, 0.4) is 0 Å². The fourth-order valence-electron chi connectivity index (χ4n) is 2.91. The van der Waals surface area contributed by atoms with Crippen molar-refractivity contribution in [2.45, 2.75) is 0 Å². The van der Waals surface area contributed by atoms with Gasteiger partial charge in [-0.25, -0.2) is 9.59 Å². The number of hydrogen-bond acceptors (Lipinski definition) is 7. The molecule has 0 atom stereocenters. The maximum atomic E-state index is 12.3. The van der Waals surface area contributed by atoms with Gasteiger partial charge < -0.3 is 14.4 Å². The standard InChI is InChI=1S/C22H20N4O7/c1-25-19(29)15(17(27)23-21(25)31)10-6-13(12-4-8-14(33-3)9-5-12)7-11-16-18(28)24-22(32)26(2)20(16)30/h4-11,29H,1-3H3,(H,23,27,31)(H,24,28,32)/p-1. The van der Waals surface area contributed by atoms with Gasteiger partial charge in [-0.05, 0) is 41.3 Å². The SMILES string of the molecule is COc1ccc(C(C=Cc2c([O-])n(C)c(=O)[nH]c2=O)=CC=C2C(=O)NC(=O)N(C)C2=O)cc1. The van der Waals surface area contributed by atoms with E-state index in [2.05, 4.69) is 0 Å². The van der Waals surface area contributed by atoms with E-state index < -0.39 is 35.0 Å². The van der Waals surface area contributed by atoms with Gasteiger partial charge in [0.2, 0.25) is 0 Å².